The smallest absolute Gasteiger partial charge is 0.212 e. The molecule has 1 aromatic rings. The maximum Gasteiger partial charge on any atom is 0.212 e. The maximum atomic E-state index is 5.43. The largest absolute Gasteiger partial charge is 0.481 e. The molecule has 1 N–H and O–H groups in total. The molecule has 0 saturated carbocycles. The summed E-state index contributed by atoms with van der Waals surface area (Å²) in [6, 6.07) is 4.13. The third kappa shape index (κ3) is 3.98. The molecule has 0 aliphatic heterocycles. The molecule has 4 heteroatoms. The fourth-order valence-electron chi connectivity index (χ4n) is 1.33. The van der Waals surface area contributed by atoms with Gasteiger partial charge >= 0.3 is 0 Å². The molecule has 0 spiro atoms. The lowest BCUT2D eigenvalue weighted by molar-refractivity contribution is -0.00545. The minimum absolute atomic E-state index is 0.181. The third-order valence-corrected chi connectivity index (χ3v) is 3.19. The summed E-state index contributed by atoms with van der Waals surface area (Å²) < 4.78 is 10.4. The first-order chi connectivity index (χ1) is 7.99. The summed E-state index contributed by atoms with van der Waals surface area (Å²) in [4.78, 5) is 4.16. The molecule has 96 valence electrons. The minimum atomic E-state index is -0.181. The van der Waals surface area contributed by atoms with Crippen LogP contribution in [0.3, 0.4) is 0 Å². The van der Waals surface area contributed by atoms with Gasteiger partial charge in [-0.2, -0.15) is 0 Å². The van der Waals surface area contributed by atoms with Gasteiger partial charge in [0.25, 0.3) is 0 Å². The molecular formula is C13H22N2O2. The molecule has 1 heterocycles. The highest BCUT2D eigenvalue weighted by Gasteiger charge is 2.24. The Kier molecular flexibility index (Phi) is 4.90. The van der Waals surface area contributed by atoms with Crippen LogP contribution >= 0.6 is 0 Å². The van der Waals surface area contributed by atoms with Gasteiger partial charge in [0, 0.05) is 32.0 Å². The second-order valence-corrected chi connectivity index (χ2v) is 4.62. The molecule has 1 rings (SSSR count). The van der Waals surface area contributed by atoms with E-state index in [0.29, 0.717) is 5.88 Å². The molecule has 0 fully saturated rings. The van der Waals surface area contributed by atoms with Crippen LogP contribution in [0.25, 0.3) is 0 Å². The second kappa shape index (κ2) is 5.98. The van der Waals surface area contributed by atoms with Gasteiger partial charge in [0.2, 0.25) is 5.88 Å². The van der Waals surface area contributed by atoms with Crippen molar-refractivity contribution in [3.63, 3.8) is 0 Å². The summed E-state index contributed by atoms with van der Waals surface area (Å²) in [6.07, 6.45) is 1.82. The van der Waals surface area contributed by atoms with Gasteiger partial charge in [-0.1, -0.05) is 6.07 Å². The van der Waals surface area contributed by atoms with Gasteiger partial charge in [-0.3, -0.25) is 0 Å². The summed E-state index contributed by atoms with van der Waals surface area (Å²) in [5, 5.41) is 3.42. The Balaban J connectivity index is 2.50. The van der Waals surface area contributed by atoms with Crippen LogP contribution in [0.1, 0.15) is 26.3 Å². The summed E-state index contributed by atoms with van der Waals surface area (Å²) in [5.74, 6) is 0.638. The van der Waals surface area contributed by atoms with Crippen LogP contribution in [0.2, 0.25) is 0 Å². The van der Waals surface area contributed by atoms with E-state index in [4.69, 9.17) is 9.47 Å². The van der Waals surface area contributed by atoms with Crippen molar-refractivity contribution >= 4 is 0 Å². The van der Waals surface area contributed by atoms with Crippen molar-refractivity contribution in [1.29, 1.82) is 0 Å². The van der Waals surface area contributed by atoms with Gasteiger partial charge in [-0.25, -0.2) is 4.98 Å². The Morgan fingerprint density at radius 3 is 2.53 bits per heavy atom. The molecule has 0 aromatic carbocycles. The molecule has 17 heavy (non-hydrogen) atoms. The summed E-state index contributed by atoms with van der Waals surface area (Å²) >= 11 is 0. The summed E-state index contributed by atoms with van der Waals surface area (Å²) in [6.45, 7) is 7.01. The SMILES string of the molecule is COc1ccc(CNC(C)C(C)(C)OC)cn1. The van der Waals surface area contributed by atoms with E-state index in [1.54, 1.807) is 14.2 Å². The highest BCUT2D eigenvalue weighted by atomic mass is 16.5. The Morgan fingerprint density at radius 1 is 1.35 bits per heavy atom. The molecule has 1 unspecified atom stereocenters. The molecule has 0 radical (unpaired) electrons. The van der Waals surface area contributed by atoms with Crippen molar-refractivity contribution in [2.45, 2.75) is 39.0 Å². The number of nitrogens with one attached hydrogen (secondary N) is 1. The number of aromatic nitrogens is 1. The predicted molar refractivity (Wildman–Crippen MR) is 68.2 cm³/mol. The number of pyridine rings is 1. The average molecular weight is 238 g/mol. The zero-order valence-corrected chi connectivity index (χ0v) is 11.3. The van der Waals surface area contributed by atoms with Gasteiger partial charge in [-0.15, -0.1) is 0 Å². The van der Waals surface area contributed by atoms with E-state index in [1.165, 1.54) is 0 Å². The van der Waals surface area contributed by atoms with Crippen molar-refractivity contribution < 1.29 is 9.47 Å². The number of nitrogens with zero attached hydrogens (tertiary/aromatic N) is 1. The average Bonchev–Trinajstić information content (AvgIpc) is 2.36. The zero-order valence-electron chi connectivity index (χ0n) is 11.3. The second-order valence-electron chi connectivity index (χ2n) is 4.62. The Bertz CT molecular complexity index is 336. The Morgan fingerprint density at radius 2 is 2.06 bits per heavy atom. The van der Waals surface area contributed by atoms with Crippen LogP contribution in [0.4, 0.5) is 0 Å². The zero-order chi connectivity index (χ0) is 12.9. The van der Waals surface area contributed by atoms with Crippen LogP contribution in [0.15, 0.2) is 18.3 Å². The van der Waals surface area contributed by atoms with Crippen LogP contribution in [0, 0.1) is 0 Å². The van der Waals surface area contributed by atoms with Crippen molar-refractivity contribution in [3.8, 4) is 5.88 Å². The molecule has 0 aliphatic rings. The third-order valence-electron chi connectivity index (χ3n) is 3.19. The monoisotopic (exact) mass is 238 g/mol. The number of methoxy groups -OCH3 is 2. The minimum Gasteiger partial charge on any atom is -0.481 e. The van der Waals surface area contributed by atoms with Crippen molar-refractivity contribution in [3.05, 3.63) is 23.9 Å². The summed E-state index contributed by atoms with van der Waals surface area (Å²) in [7, 11) is 3.34. The lowest BCUT2D eigenvalue weighted by atomic mass is 10.0. The maximum absolute atomic E-state index is 5.43. The van der Waals surface area contributed by atoms with Gasteiger partial charge in [0.15, 0.2) is 0 Å². The number of hydrogen-bond donors (Lipinski definition) is 1. The van der Waals surface area contributed by atoms with Gasteiger partial charge < -0.3 is 14.8 Å². The first kappa shape index (κ1) is 13.9. The van der Waals surface area contributed by atoms with E-state index in [-0.39, 0.29) is 11.6 Å². The fourth-order valence-corrected chi connectivity index (χ4v) is 1.33. The molecule has 0 bridgehead atoms. The Hall–Kier alpha value is -1.13. The topological polar surface area (TPSA) is 43.4 Å². The number of hydrogen-bond acceptors (Lipinski definition) is 4. The van der Waals surface area contributed by atoms with Crippen LogP contribution in [-0.4, -0.2) is 30.8 Å². The Labute approximate surface area is 103 Å². The van der Waals surface area contributed by atoms with Crippen LogP contribution in [-0.2, 0) is 11.3 Å². The normalized spacial score (nSPS) is 13.5. The first-order valence-corrected chi connectivity index (χ1v) is 5.77. The molecule has 1 atom stereocenters. The van der Waals surface area contributed by atoms with Gasteiger partial charge in [-0.05, 0) is 26.3 Å². The molecule has 0 amide bonds. The van der Waals surface area contributed by atoms with E-state index in [0.717, 1.165) is 12.1 Å². The first-order valence-electron chi connectivity index (χ1n) is 5.77. The lowest BCUT2D eigenvalue weighted by Crippen LogP contribution is -2.45. The molecule has 0 aliphatic carbocycles. The van der Waals surface area contributed by atoms with E-state index in [1.807, 2.05) is 18.3 Å². The predicted octanol–water partition coefficient (Wildman–Crippen LogP) is 1.99. The quantitative estimate of drug-likeness (QED) is 0.823. The number of rotatable bonds is 6. The van der Waals surface area contributed by atoms with Gasteiger partial charge in [0.05, 0.1) is 12.7 Å². The summed E-state index contributed by atoms with van der Waals surface area (Å²) in [5.41, 5.74) is 0.949. The van der Waals surface area contributed by atoms with Crippen LogP contribution in [0.5, 0.6) is 5.88 Å². The molecule has 0 saturated heterocycles. The van der Waals surface area contributed by atoms with Crippen molar-refractivity contribution in [1.82, 2.24) is 10.3 Å². The van der Waals surface area contributed by atoms with Gasteiger partial charge in [0.1, 0.15) is 0 Å². The van der Waals surface area contributed by atoms with E-state index in [2.05, 4.69) is 31.1 Å². The standard InChI is InChI=1S/C13H22N2O2/c1-10(13(2,3)17-5)14-8-11-6-7-12(16-4)15-9-11/h6-7,9-10,14H,8H2,1-5H3. The van der Waals surface area contributed by atoms with Crippen LogP contribution < -0.4 is 10.1 Å². The molecular weight excluding hydrogens is 216 g/mol. The number of ether oxygens (including phenoxy) is 2. The van der Waals surface area contributed by atoms with E-state index in [9.17, 15) is 0 Å². The fraction of sp³-hybridized carbons (Fsp3) is 0.615. The molecule has 1 aromatic heterocycles. The van der Waals surface area contributed by atoms with E-state index >= 15 is 0 Å². The lowest BCUT2D eigenvalue weighted by Gasteiger charge is -2.31. The van der Waals surface area contributed by atoms with E-state index < -0.39 is 0 Å². The highest BCUT2D eigenvalue weighted by Crippen LogP contribution is 2.14. The van der Waals surface area contributed by atoms with Crippen molar-refractivity contribution in [2.24, 2.45) is 0 Å². The van der Waals surface area contributed by atoms with Crippen molar-refractivity contribution in [2.75, 3.05) is 14.2 Å². The highest BCUT2D eigenvalue weighted by molar-refractivity contribution is 5.17. The molecule has 4 nitrogen and oxygen atoms in total.